The average Bonchev–Trinajstić information content (AvgIpc) is 2.56. The maximum Gasteiger partial charge on any atom is 0.328 e. The van der Waals surface area contributed by atoms with Gasteiger partial charge in [0.2, 0.25) is 5.91 Å². The molecule has 1 unspecified atom stereocenters. The van der Waals surface area contributed by atoms with Gasteiger partial charge in [0.15, 0.2) is 0 Å². The van der Waals surface area contributed by atoms with E-state index in [1.807, 2.05) is 12.1 Å². The van der Waals surface area contributed by atoms with Gasteiger partial charge >= 0.3 is 5.97 Å². The summed E-state index contributed by atoms with van der Waals surface area (Å²) < 4.78 is 4.76. The van der Waals surface area contributed by atoms with Crippen LogP contribution in [0.25, 0.3) is 0 Å². The fraction of sp³-hybridized carbons (Fsp3) is 0.176. The van der Waals surface area contributed by atoms with Crippen molar-refractivity contribution in [1.29, 1.82) is 0 Å². The van der Waals surface area contributed by atoms with Crippen molar-refractivity contribution in [3.05, 3.63) is 65.7 Å². The predicted molar refractivity (Wildman–Crippen MR) is 84.1 cm³/mol. The van der Waals surface area contributed by atoms with Gasteiger partial charge in [-0.05, 0) is 5.56 Å². The van der Waals surface area contributed by atoms with Gasteiger partial charge in [-0.15, -0.1) is 0 Å². The van der Waals surface area contributed by atoms with Gasteiger partial charge in [0.1, 0.15) is 13.9 Å². The molecule has 113 valence electrons. The molecule has 0 heterocycles. The van der Waals surface area contributed by atoms with Crippen LogP contribution in [-0.4, -0.2) is 32.9 Å². The number of carbonyl (C=O) groups is 2. The third kappa shape index (κ3) is 5.92. The van der Waals surface area contributed by atoms with Crippen molar-refractivity contribution in [2.24, 2.45) is 0 Å². The van der Waals surface area contributed by atoms with Crippen molar-refractivity contribution in [3.63, 3.8) is 0 Å². The van der Waals surface area contributed by atoms with Crippen LogP contribution < -0.4 is 10.8 Å². The summed E-state index contributed by atoms with van der Waals surface area (Å²) in [5.74, 6) is -0.826. The largest absolute Gasteiger partial charge is 0.467 e. The molecule has 0 aromatic heterocycles. The first-order valence-electron chi connectivity index (χ1n) is 6.79. The number of esters is 1. The SMILES string of the molecule is [B]c1ccc(CC(NC(=O)c2cc[c-]cc2)C(=O)OC)cc1.[Y]. The molecule has 3 radical (unpaired) electrons. The number of benzene rings is 2. The number of rotatable bonds is 5. The standard InChI is InChI=1S/C17H15BNO3.Y/c1-22-17(21)15(11-12-7-9-14(18)10-8-12)19-16(20)13-5-3-2-4-6-13;/h3-10,15H,11H2,1H3,(H,19,20);/q-1;. The van der Waals surface area contributed by atoms with Crippen LogP contribution in [0.2, 0.25) is 0 Å². The number of amides is 1. The van der Waals surface area contributed by atoms with Gasteiger partial charge in [0.25, 0.3) is 0 Å². The van der Waals surface area contributed by atoms with Crippen molar-refractivity contribution in [1.82, 2.24) is 5.32 Å². The van der Waals surface area contributed by atoms with Gasteiger partial charge in [0, 0.05) is 39.1 Å². The Balaban J connectivity index is 0.00000264. The van der Waals surface area contributed by atoms with E-state index >= 15 is 0 Å². The molecule has 0 bridgehead atoms. The monoisotopic (exact) mass is 381 g/mol. The van der Waals surface area contributed by atoms with Crippen LogP contribution in [0.1, 0.15) is 15.9 Å². The predicted octanol–water partition coefficient (Wildman–Crippen LogP) is 0.792. The van der Waals surface area contributed by atoms with Crippen LogP contribution in [0.5, 0.6) is 0 Å². The van der Waals surface area contributed by atoms with Gasteiger partial charge in [-0.1, -0.05) is 35.3 Å². The molecule has 0 aliphatic carbocycles. The minimum absolute atomic E-state index is 0. The molecule has 1 atom stereocenters. The number of hydrogen-bond donors (Lipinski definition) is 1. The van der Waals surface area contributed by atoms with E-state index in [4.69, 9.17) is 12.6 Å². The van der Waals surface area contributed by atoms with E-state index in [9.17, 15) is 9.59 Å². The first-order chi connectivity index (χ1) is 10.6. The zero-order chi connectivity index (χ0) is 15.9. The van der Waals surface area contributed by atoms with Crippen molar-refractivity contribution < 1.29 is 47.0 Å². The van der Waals surface area contributed by atoms with Crippen molar-refractivity contribution in [3.8, 4) is 0 Å². The third-order valence-electron chi connectivity index (χ3n) is 3.19. The van der Waals surface area contributed by atoms with Crippen LogP contribution >= 0.6 is 0 Å². The Bertz CT molecular complexity index is 647. The molecule has 0 aliphatic rings. The topological polar surface area (TPSA) is 55.4 Å². The molecular formula is C17H15BNO3Y-. The molecule has 6 heteroatoms. The molecule has 0 saturated carbocycles. The zero-order valence-corrected chi connectivity index (χ0v) is 15.6. The number of carbonyl (C=O) groups excluding carboxylic acids is 2. The van der Waals surface area contributed by atoms with Crippen LogP contribution in [0.4, 0.5) is 0 Å². The van der Waals surface area contributed by atoms with Crippen LogP contribution in [0, 0.1) is 6.07 Å². The second-order valence-electron chi connectivity index (χ2n) is 4.78. The maximum atomic E-state index is 12.2. The number of nitrogens with one attached hydrogen (secondary N) is 1. The first kappa shape index (κ1) is 19.6. The minimum Gasteiger partial charge on any atom is -0.467 e. The van der Waals surface area contributed by atoms with Crippen molar-refractivity contribution in [2.75, 3.05) is 7.11 Å². The zero-order valence-electron chi connectivity index (χ0n) is 12.8. The maximum absolute atomic E-state index is 12.2. The van der Waals surface area contributed by atoms with Crippen LogP contribution in [-0.2, 0) is 48.7 Å². The van der Waals surface area contributed by atoms with Gasteiger partial charge in [-0.25, -0.2) is 4.79 Å². The van der Waals surface area contributed by atoms with E-state index in [0.717, 1.165) is 5.56 Å². The second kappa shape index (κ2) is 9.64. The minimum atomic E-state index is -0.759. The van der Waals surface area contributed by atoms with E-state index in [2.05, 4.69) is 11.4 Å². The molecule has 0 saturated heterocycles. The number of ether oxygens (including phenoxy) is 1. The van der Waals surface area contributed by atoms with Crippen LogP contribution in [0.3, 0.4) is 0 Å². The number of hydrogen-bond acceptors (Lipinski definition) is 3. The summed E-state index contributed by atoms with van der Waals surface area (Å²) in [5, 5.41) is 2.69. The summed E-state index contributed by atoms with van der Waals surface area (Å²) >= 11 is 0. The van der Waals surface area contributed by atoms with Crippen molar-refractivity contribution in [2.45, 2.75) is 12.5 Å². The quantitative estimate of drug-likeness (QED) is 0.474. The van der Waals surface area contributed by atoms with E-state index in [-0.39, 0.29) is 38.6 Å². The molecule has 1 N–H and O–H groups in total. The summed E-state index contributed by atoms with van der Waals surface area (Å²) in [7, 11) is 6.93. The van der Waals surface area contributed by atoms with Gasteiger partial charge in [-0.3, -0.25) is 4.79 Å². The molecule has 0 fully saturated rings. The molecule has 4 nitrogen and oxygen atoms in total. The summed E-state index contributed by atoms with van der Waals surface area (Å²) in [5.41, 5.74) is 1.99. The Kier molecular flexibility index (Phi) is 8.21. The Morgan fingerprint density at radius 3 is 2.35 bits per heavy atom. The fourth-order valence-electron chi connectivity index (χ4n) is 2.00. The molecule has 23 heavy (non-hydrogen) atoms. The Morgan fingerprint density at radius 1 is 1.17 bits per heavy atom. The van der Waals surface area contributed by atoms with E-state index in [1.165, 1.54) is 7.11 Å². The molecule has 0 aliphatic heterocycles. The molecule has 2 rings (SSSR count). The molecular weight excluding hydrogens is 366 g/mol. The first-order valence-corrected chi connectivity index (χ1v) is 6.79. The van der Waals surface area contributed by atoms with Crippen molar-refractivity contribution >= 4 is 25.2 Å². The van der Waals surface area contributed by atoms with Gasteiger partial charge in [0.05, 0.1) is 7.11 Å². The van der Waals surface area contributed by atoms with E-state index < -0.39 is 12.0 Å². The Hall–Kier alpha value is -1.45. The third-order valence-corrected chi connectivity index (χ3v) is 3.19. The number of methoxy groups -OCH3 is 1. The van der Waals surface area contributed by atoms with Gasteiger partial charge in [-0.2, -0.15) is 30.3 Å². The summed E-state index contributed by atoms with van der Waals surface area (Å²) in [4.78, 5) is 24.0. The Morgan fingerprint density at radius 2 is 1.78 bits per heavy atom. The fourth-order valence-corrected chi connectivity index (χ4v) is 2.00. The Labute approximate surface area is 162 Å². The molecule has 1 amide bonds. The normalized spacial score (nSPS) is 11.0. The molecule has 2 aromatic rings. The van der Waals surface area contributed by atoms with E-state index in [1.54, 1.807) is 36.4 Å². The van der Waals surface area contributed by atoms with Crippen LogP contribution in [0.15, 0.2) is 48.5 Å². The summed E-state index contributed by atoms with van der Waals surface area (Å²) in [6.07, 6.45) is 0.331. The van der Waals surface area contributed by atoms with E-state index in [0.29, 0.717) is 17.4 Å². The molecule has 0 spiro atoms. The summed E-state index contributed by atoms with van der Waals surface area (Å²) in [6.45, 7) is 0. The second-order valence-corrected chi connectivity index (χ2v) is 4.78. The average molecular weight is 381 g/mol. The summed E-state index contributed by atoms with van der Waals surface area (Å²) in [6, 6.07) is 15.7. The smallest absolute Gasteiger partial charge is 0.328 e. The van der Waals surface area contributed by atoms with Gasteiger partial charge < -0.3 is 10.1 Å². The molecule has 2 aromatic carbocycles.